The van der Waals surface area contributed by atoms with Gasteiger partial charge in [-0.15, -0.1) is 0 Å². The molecule has 1 saturated heterocycles. The van der Waals surface area contributed by atoms with Crippen molar-refractivity contribution < 1.29 is 0 Å². The van der Waals surface area contributed by atoms with E-state index >= 15 is 0 Å². The van der Waals surface area contributed by atoms with Crippen molar-refractivity contribution >= 4 is 0 Å². The summed E-state index contributed by atoms with van der Waals surface area (Å²) in [5.74, 6) is 1.77. The first-order valence-electron chi connectivity index (χ1n) is 7.18. The molecule has 17 heavy (non-hydrogen) atoms. The molecule has 1 aromatic rings. The van der Waals surface area contributed by atoms with Crippen LogP contribution in [0, 0.1) is 5.92 Å². The highest BCUT2D eigenvalue weighted by Crippen LogP contribution is 2.42. The molecule has 0 unspecified atom stereocenters. The maximum Gasteiger partial charge on any atom is 0.00187 e. The van der Waals surface area contributed by atoms with Gasteiger partial charge in [-0.25, -0.2) is 0 Å². The number of unbranched alkanes of at least 4 members (excludes halogenated alkanes) is 1. The molecule has 1 heteroatoms. The van der Waals surface area contributed by atoms with E-state index in [2.05, 4.69) is 36.1 Å². The molecule has 1 nitrogen and oxygen atoms in total. The maximum atomic E-state index is 2.69. The van der Waals surface area contributed by atoms with Crippen molar-refractivity contribution in [3.63, 3.8) is 0 Å². The number of piperidine rings is 1. The van der Waals surface area contributed by atoms with Crippen LogP contribution in [-0.4, -0.2) is 24.5 Å². The lowest BCUT2D eigenvalue weighted by atomic mass is 9.86. The highest BCUT2D eigenvalue weighted by Gasteiger charge is 2.36. The fourth-order valence-corrected chi connectivity index (χ4v) is 3.67. The van der Waals surface area contributed by atoms with Gasteiger partial charge in [0.2, 0.25) is 0 Å². The zero-order valence-corrected chi connectivity index (χ0v) is 10.9. The third kappa shape index (κ3) is 2.13. The molecular formula is C16H23N. The van der Waals surface area contributed by atoms with Crippen LogP contribution in [0.3, 0.4) is 0 Å². The van der Waals surface area contributed by atoms with Crippen molar-refractivity contribution in [2.24, 2.45) is 5.92 Å². The van der Waals surface area contributed by atoms with Crippen LogP contribution < -0.4 is 0 Å². The number of likely N-dealkylation sites (tertiary alicyclic amines) is 1. The van der Waals surface area contributed by atoms with Gasteiger partial charge in [-0.1, -0.05) is 37.6 Å². The summed E-state index contributed by atoms with van der Waals surface area (Å²) >= 11 is 0. The van der Waals surface area contributed by atoms with Crippen LogP contribution in [-0.2, 0) is 6.42 Å². The summed E-state index contributed by atoms with van der Waals surface area (Å²) in [6.45, 7) is 6.25. The summed E-state index contributed by atoms with van der Waals surface area (Å²) in [6, 6.07) is 9.11. The zero-order valence-electron chi connectivity index (χ0n) is 10.9. The quantitative estimate of drug-likeness (QED) is 0.767. The Balaban J connectivity index is 1.69. The van der Waals surface area contributed by atoms with Gasteiger partial charge in [0, 0.05) is 6.54 Å². The summed E-state index contributed by atoms with van der Waals surface area (Å²) in [6.07, 6.45) is 5.39. The standard InChI is InChI=1S/C16H23N/c1-2-3-9-17-10-8-16-14(12-17)11-13-6-4-5-7-15(13)16/h4-7,14,16H,2-3,8-12H2,1H3/t14-,16+/m1/s1. The first-order chi connectivity index (χ1) is 8.38. The molecule has 1 fully saturated rings. The minimum Gasteiger partial charge on any atom is -0.303 e. The molecule has 0 aromatic heterocycles. The normalized spacial score (nSPS) is 27.8. The number of benzene rings is 1. The van der Waals surface area contributed by atoms with Gasteiger partial charge < -0.3 is 4.90 Å². The molecule has 1 aliphatic heterocycles. The van der Waals surface area contributed by atoms with E-state index in [-0.39, 0.29) is 0 Å². The molecule has 0 bridgehead atoms. The summed E-state index contributed by atoms with van der Waals surface area (Å²) < 4.78 is 0. The van der Waals surface area contributed by atoms with Crippen LogP contribution in [0.5, 0.6) is 0 Å². The minimum atomic E-state index is 0.865. The Morgan fingerprint density at radius 3 is 3.06 bits per heavy atom. The monoisotopic (exact) mass is 229 g/mol. The molecule has 1 heterocycles. The van der Waals surface area contributed by atoms with Gasteiger partial charge in [-0.05, 0) is 55.3 Å². The number of rotatable bonds is 3. The smallest absolute Gasteiger partial charge is 0.00187 e. The second-order valence-corrected chi connectivity index (χ2v) is 5.71. The third-order valence-electron chi connectivity index (χ3n) is 4.58. The Morgan fingerprint density at radius 2 is 2.18 bits per heavy atom. The van der Waals surface area contributed by atoms with E-state index in [1.807, 2.05) is 0 Å². The molecule has 0 spiro atoms. The van der Waals surface area contributed by atoms with E-state index in [0.29, 0.717) is 0 Å². The Kier molecular flexibility index (Phi) is 3.19. The minimum absolute atomic E-state index is 0.865. The molecule has 92 valence electrons. The molecule has 0 radical (unpaired) electrons. The van der Waals surface area contributed by atoms with Gasteiger partial charge in [0.05, 0.1) is 0 Å². The van der Waals surface area contributed by atoms with Crippen molar-refractivity contribution in [3.8, 4) is 0 Å². The zero-order chi connectivity index (χ0) is 11.7. The fraction of sp³-hybridized carbons (Fsp3) is 0.625. The first-order valence-corrected chi connectivity index (χ1v) is 7.18. The van der Waals surface area contributed by atoms with E-state index in [0.717, 1.165) is 11.8 Å². The lowest BCUT2D eigenvalue weighted by Crippen LogP contribution is -2.38. The molecule has 2 aliphatic rings. The van der Waals surface area contributed by atoms with Gasteiger partial charge in [0.1, 0.15) is 0 Å². The summed E-state index contributed by atoms with van der Waals surface area (Å²) in [7, 11) is 0. The Morgan fingerprint density at radius 1 is 1.29 bits per heavy atom. The molecular weight excluding hydrogens is 206 g/mol. The summed E-state index contributed by atoms with van der Waals surface area (Å²) in [4.78, 5) is 2.69. The molecule has 3 rings (SSSR count). The summed E-state index contributed by atoms with van der Waals surface area (Å²) in [5.41, 5.74) is 3.28. The first kappa shape index (κ1) is 11.3. The topological polar surface area (TPSA) is 3.24 Å². The lowest BCUT2D eigenvalue weighted by Gasteiger charge is -2.35. The Hall–Kier alpha value is -0.820. The lowest BCUT2D eigenvalue weighted by molar-refractivity contribution is 0.160. The van der Waals surface area contributed by atoms with E-state index in [4.69, 9.17) is 0 Å². The van der Waals surface area contributed by atoms with Gasteiger partial charge >= 0.3 is 0 Å². The van der Waals surface area contributed by atoms with E-state index in [9.17, 15) is 0 Å². The Bertz CT molecular complexity index is 385. The predicted molar refractivity (Wildman–Crippen MR) is 72.3 cm³/mol. The molecule has 0 N–H and O–H groups in total. The maximum absolute atomic E-state index is 2.69. The van der Waals surface area contributed by atoms with Gasteiger partial charge in [-0.2, -0.15) is 0 Å². The molecule has 2 atom stereocenters. The Labute approximate surface area is 105 Å². The number of fused-ring (bicyclic) bond motifs is 3. The van der Waals surface area contributed by atoms with Crippen LogP contribution in [0.25, 0.3) is 0 Å². The van der Waals surface area contributed by atoms with E-state index in [1.165, 1.54) is 45.3 Å². The van der Waals surface area contributed by atoms with Crippen molar-refractivity contribution in [3.05, 3.63) is 35.4 Å². The SMILES string of the molecule is CCCCN1CC[C@@H]2c3ccccc3C[C@@H]2C1. The van der Waals surface area contributed by atoms with E-state index in [1.54, 1.807) is 11.1 Å². The van der Waals surface area contributed by atoms with Crippen LogP contribution in [0.2, 0.25) is 0 Å². The average molecular weight is 229 g/mol. The highest BCUT2D eigenvalue weighted by molar-refractivity contribution is 5.36. The largest absolute Gasteiger partial charge is 0.303 e. The van der Waals surface area contributed by atoms with E-state index < -0.39 is 0 Å². The van der Waals surface area contributed by atoms with Crippen molar-refractivity contribution in [1.82, 2.24) is 4.90 Å². The van der Waals surface area contributed by atoms with Crippen molar-refractivity contribution in [2.75, 3.05) is 19.6 Å². The van der Waals surface area contributed by atoms with Crippen LogP contribution in [0.1, 0.15) is 43.2 Å². The second kappa shape index (κ2) is 4.81. The molecule has 0 amide bonds. The van der Waals surface area contributed by atoms with Gasteiger partial charge in [0.15, 0.2) is 0 Å². The molecule has 0 saturated carbocycles. The van der Waals surface area contributed by atoms with Crippen LogP contribution in [0.15, 0.2) is 24.3 Å². The van der Waals surface area contributed by atoms with Crippen LogP contribution >= 0.6 is 0 Å². The third-order valence-corrected chi connectivity index (χ3v) is 4.58. The highest BCUT2D eigenvalue weighted by atomic mass is 15.1. The van der Waals surface area contributed by atoms with Crippen molar-refractivity contribution in [2.45, 2.75) is 38.5 Å². The second-order valence-electron chi connectivity index (χ2n) is 5.71. The van der Waals surface area contributed by atoms with Crippen molar-refractivity contribution in [1.29, 1.82) is 0 Å². The number of hydrogen-bond donors (Lipinski definition) is 0. The van der Waals surface area contributed by atoms with Gasteiger partial charge in [0.25, 0.3) is 0 Å². The predicted octanol–water partition coefficient (Wildman–Crippen LogP) is 3.45. The number of nitrogens with zero attached hydrogens (tertiary/aromatic N) is 1. The molecule has 1 aromatic carbocycles. The average Bonchev–Trinajstić information content (AvgIpc) is 2.74. The van der Waals surface area contributed by atoms with Gasteiger partial charge in [-0.3, -0.25) is 0 Å². The van der Waals surface area contributed by atoms with Crippen LogP contribution in [0.4, 0.5) is 0 Å². The molecule has 1 aliphatic carbocycles. The fourth-order valence-electron chi connectivity index (χ4n) is 3.67. The summed E-state index contributed by atoms with van der Waals surface area (Å²) in [5, 5.41) is 0. The number of hydrogen-bond acceptors (Lipinski definition) is 1.